The number of imidazole rings is 1. The van der Waals surface area contributed by atoms with E-state index in [2.05, 4.69) is 41.5 Å². The van der Waals surface area contributed by atoms with Crippen LogP contribution in [-0.2, 0) is 11.3 Å². The molecule has 0 spiro atoms. The summed E-state index contributed by atoms with van der Waals surface area (Å²) in [6.07, 6.45) is 0.802. The van der Waals surface area contributed by atoms with Crippen molar-refractivity contribution in [3.63, 3.8) is 0 Å². The van der Waals surface area contributed by atoms with Crippen LogP contribution in [0.15, 0.2) is 33.7 Å². The molecule has 1 aromatic carbocycles. The molecule has 4 rings (SSSR count). The molecule has 0 saturated carbocycles. The van der Waals surface area contributed by atoms with E-state index in [0.717, 1.165) is 10.0 Å². The molecule has 1 atom stereocenters. The second-order valence-electron chi connectivity index (χ2n) is 6.19. The third-order valence-electron chi connectivity index (χ3n) is 4.32. The Morgan fingerprint density at radius 3 is 3.04 bits per heavy atom. The number of carbonyl (C=O) groups is 1. The zero-order valence-corrected chi connectivity index (χ0v) is 16.4. The van der Waals surface area contributed by atoms with Gasteiger partial charge in [0.25, 0.3) is 0 Å². The SMILES string of the molecule is COc1ccc(Br)cc1Cn1c(=O)[nH]c2cnc(NC[C@H]3CNC(=O)O3)nc21. The number of benzene rings is 1. The molecule has 0 bridgehead atoms. The predicted octanol–water partition coefficient (Wildman–Crippen LogP) is 1.46. The van der Waals surface area contributed by atoms with Gasteiger partial charge in [0.1, 0.15) is 17.4 Å². The van der Waals surface area contributed by atoms with Crippen LogP contribution in [-0.4, -0.2) is 51.9 Å². The van der Waals surface area contributed by atoms with Gasteiger partial charge in [0, 0.05) is 10.0 Å². The summed E-state index contributed by atoms with van der Waals surface area (Å²) in [4.78, 5) is 34.9. The van der Waals surface area contributed by atoms with E-state index in [9.17, 15) is 9.59 Å². The topological polar surface area (TPSA) is 123 Å². The van der Waals surface area contributed by atoms with E-state index in [1.54, 1.807) is 13.3 Å². The van der Waals surface area contributed by atoms with E-state index in [1.165, 1.54) is 4.57 Å². The molecule has 28 heavy (non-hydrogen) atoms. The summed E-state index contributed by atoms with van der Waals surface area (Å²) in [6.45, 7) is 1.06. The van der Waals surface area contributed by atoms with Gasteiger partial charge in [0.15, 0.2) is 5.65 Å². The molecule has 146 valence electrons. The molecule has 1 fully saturated rings. The third kappa shape index (κ3) is 3.65. The molecule has 1 saturated heterocycles. The van der Waals surface area contributed by atoms with Crippen LogP contribution in [0.5, 0.6) is 5.75 Å². The summed E-state index contributed by atoms with van der Waals surface area (Å²) in [5, 5.41) is 5.61. The number of ether oxygens (including phenoxy) is 2. The summed E-state index contributed by atoms with van der Waals surface area (Å²) in [5.74, 6) is 1.01. The first-order valence-corrected chi connectivity index (χ1v) is 9.29. The minimum absolute atomic E-state index is 0.280. The minimum Gasteiger partial charge on any atom is -0.496 e. The number of hydrogen-bond donors (Lipinski definition) is 3. The van der Waals surface area contributed by atoms with Crippen molar-refractivity contribution in [2.45, 2.75) is 12.6 Å². The Labute approximate surface area is 167 Å². The summed E-state index contributed by atoms with van der Waals surface area (Å²) >= 11 is 3.44. The van der Waals surface area contributed by atoms with Crippen molar-refractivity contribution in [3.05, 3.63) is 44.9 Å². The van der Waals surface area contributed by atoms with Crippen LogP contribution in [0.1, 0.15) is 5.56 Å². The fourth-order valence-corrected chi connectivity index (χ4v) is 3.38. The molecular weight excluding hydrogens is 432 g/mol. The number of amides is 1. The Bertz CT molecular complexity index is 1090. The van der Waals surface area contributed by atoms with Crippen molar-refractivity contribution in [1.82, 2.24) is 24.8 Å². The largest absolute Gasteiger partial charge is 0.496 e. The minimum atomic E-state index is -0.439. The number of carbonyl (C=O) groups excluding carboxylic acids is 1. The Balaban J connectivity index is 1.61. The Hall–Kier alpha value is -3.08. The lowest BCUT2D eigenvalue weighted by molar-refractivity contribution is 0.145. The summed E-state index contributed by atoms with van der Waals surface area (Å²) in [5.41, 5.74) is 1.53. The number of anilines is 1. The highest BCUT2D eigenvalue weighted by atomic mass is 79.9. The number of nitrogens with zero attached hydrogens (tertiary/aromatic N) is 3. The maximum atomic E-state index is 12.4. The van der Waals surface area contributed by atoms with Gasteiger partial charge in [0.2, 0.25) is 5.95 Å². The first-order chi connectivity index (χ1) is 13.5. The predicted molar refractivity (Wildman–Crippen MR) is 105 cm³/mol. The van der Waals surface area contributed by atoms with E-state index in [1.807, 2.05) is 18.2 Å². The lowest BCUT2D eigenvalue weighted by atomic mass is 10.2. The molecule has 1 aliphatic rings. The number of nitrogens with one attached hydrogen (secondary N) is 3. The molecule has 0 aliphatic carbocycles. The first kappa shape index (κ1) is 18.3. The molecule has 1 amide bonds. The highest BCUT2D eigenvalue weighted by Crippen LogP contribution is 2.24. The number of cyclic esters (lactones) is 1. The monoisotopic (exact) mass is 448 g/mol. The number of rotatable bonds is 6. The van der Waals surface area contributed by atoms with Gasteiger partial charge in [0.05, 0.1) is 32.9 Å². The van der Waals surface area contributed by atoms with Crippen LogP contribution in [0.3, 0.4) is 0 Å². The second kappa shape index (κ2) is 7.50. The maximum absolute atomic E-state index is 12.4. The maximum Gasteiger partial charge on any atom is 0.407 e. The van der Waals surface area contributed by atoms with Crippen LogP contribution in [0.4, 0.5) is 10.7 Å². The van der Waals surface area contributed by atoms with Crippen LogP contribution < -0.4 is 21.1 Å². The number of H-pyrrole nitrogens is 1. The molecule has 2 aromatic heterocycles. The molecule has 0 unspecified atom stereocenters. The number of aromatic nitrogens is 4. The fourth-order valence-electron chi connectivity index (χ4n) is 2.97. The Morgan fingerprint density at radius 2 is 2.29 bits per heavy atom. The van der Waals surface area contributed by atoms with Gasteiger partial charge in [-0.25, -0.2) is 14.6 Å². The van der Waals surface area contributed by atoms with Gasteiger partial charge in [-0.15, -0.1) is 0 Å². The van der Waals surface area contributed by atoms with Gasteiger partial charge >= 0.3 is 11.8 Å². The molecule has 11 heteroatoms. The average molecular weight is 449 g/mol. The highest BCUT2D eigenvalue weighted by Gasteiger charge is 2.22. The van der Waals surface area contributed by atoms with Crippen LogP contribution in [0, 0.1) is 0 Å². The van der Waals surface area contributed by atoms with Crippen LogP contribution >= 0.6 is 15.9 Å². The fraction of sp³-hybridized carbons (Fsp3) is 0.294. The number of fused-ring (bicyclic) bond motifs is 1. The van der Waals surface area contributed by atoms with Gasteiger partial charge in [-0.1, -0.05) is 15.9 Å². The van der Waals surface area contributed by atoms with Gasteiger partial charge < -0.3 is 25.1 Å². The summed E-state index contributed by atoms with van der Waals surface area (Å²) in [6, 6.07) is 5.60. The highest BCUT2D eigenvalue weighted by molar-refractivity contribution is 9.10. The number of alkyl carbamates (subject to hydrolysis) is 1. The molecule has 3 heterocycles. The Morgan fingerprint density at radius 1 is 1.43 bits per heavy atom. The van der Waals surface area contributed by atoms with Crippen LogP contribution in [0.2, 0.25) is 0 Å². The smallest absolute Gasteiger partial charge is 0.407 e. The van der Waals surface area contributed by atoms with E-state index < -0.39 is 6.09 Å². The number of aromatic amines is 1. The van der Waals surface area contributed by atoms with Gasteiger partial charge in [-0.2, -0.15) is 4.98 Å². The lowest BCUT2D eigenvalue weighted by Crippen LogP contribution is -2.24. The molecular formula is C17H17BrN6O4. The van der Waals surface area contributed by atoms with Gasteiger partial charge in [-0.3, -0.25) is 4.57 Å². The van der Waals surface area contributed by atoms with Crippen LogP contribution in [0.25, 0.3) is 11.2 Å². The molecule has 1 aliphatic heterocycles. The summed E-state index contributed by atoms with van der Waals surface area (Å²) in [7, 11) is 1.58. The zero-order chi connectivity index (χ0) is 19.7. The van der Waals surface area contributed by atoms with E-state index in [4.69, 9.17) is 9.47 Å². The average Bonchev–Trinajstić information content (AvgIpc) is 3.23. The first-order valence-electron chi connectivity index (χ1n) is 8.50. The van der Waals surface area contributed by atoms with Crippen molar-refractivity contribution >= 4 is 39.1 Å². The second-order valence-corrected chi connectivity index (χ2v) is 7.11. The molecule has 0 radical (unpaired) electrons. The van der Waals surface area contributed by atoms with Crippen molar-refractivity contribution in [1.29, 1.82) is 0 Å². The van der Waals surface area contributed by atoms with Crippen molar-refractivity contribution in [2.24, 2.45) is 0 Å². The number of methoxy groups -OCH3 is 1. The van der Waals surface area contributed by atoms with Gasteiger partial charge in [-0.05, 0) is 18.2 Å². The molecule has 3 aromatic rings. The van der Waals surface area contributed by atoms with E-state index >= 15 is 0 Å². The van der Waals surface area contributed by atoms with E-state index in [-0.39, 0.29) is 18.3 Å². The van der Waals surface area contributed by atoms with Crippen molar-refractivity contribution < 1.29 is 14.3 Å². The number of halogens is 1. The molecule has 10 nitrogen and oxygen atoms in total. The third-order valence-corrected chi connectivity index (χ3v) is 4.81. The quantitative estimate of drug-likeness (QED) is 0.521. The normalized spacial score (nSPS) is 16.1. The number of hydrogen-bond acceptors (Lipinski definition) is 7. The van der Waals surface area contributed by atoms with E-state index in [0.29, 0.717) is 36.0 Å². The standard InChI is InChI=1S/C17H17BrN6O4/c1-27-13-3-2-10(18)4-9(13)8-24-14-12(22-16(24)25)7-20-15(23-14)19-5-11-6-21-17(26)28-11/h2-4,7,11H,5-6,8H2,1H3,(H,21,26)(H,22,25)(H,19,20,23)/t11-/m0/s1. The molecule has 3 N–H and O–H groups in total. The summed E-state index contributed by atoms with van der Waals surface area (Å²) < 4.78 is 12.9. The van der Waals surface area contributed by atoms with Crippen molar-refractivity contribution in [2.75, 3.05) is 25.5 Å². The zero-order valence-electron chi connectivity index (χ0n) is 14.9. The van der Waals surface area contributed by atoms with Crippen molar-refractivity contribution in [3.8, 4) is 5.75 Å². The Kier molecular flexibility index (Phi) is 4.90. The lowest BCUT2D eigenvalue weighted by Gasteiger charge is -2.11.